The maximum absolute atomic E-state index is 12.2. The zero-order chi connectivity index (χ0) is 20.2. The number of carbonyl (C=O) groups is 1. The molecule has 7 nitrogen and oxygen atoms in total. The van der Waals surface area contributed by atoms with Crippen LogP contribution in [0.4, 0.5) is 5.69 Å². The van der Waals surface area contributed by atoms with Crippen molar-refractivity contribution >= 4 is 33.2 Å². The summed E-state index contributed by atoms with van der Waals surface area (Å²) >= 11 is 6.23. The van der Waals surface area contributed by atoms with Gasteiger partial charge in [-0.05, 0) is 50.6 Å². The number of nitrogens with one attached hydrogen (secondary N) is 2. The number of benzene rings is 1. The van der Waals surface area contributed by atoms with E-state index in [1.54, 1.807) is 44.3 Å². The van der Waals surface area contributed by atoms with Crippen LogP contribution in [-0.2, 0) is 15.6 Å². The smallest absolute Gasteiger partial charge is 0.257 e. The van der Waals surface area contributed by atoms with Gasteiger partial charge in [-0.25, -0.2) is 13.1 Å². The number of amides is 1. The molecule has 146 valence electrons. The SMILES string of the molecule is CC(C)S(=O)(=O)NCC(C)(O)c1ccc(NC(=O)c2cccnc2)c(Cl)c1. The minimum atomic E-state index is -3.51. The Morgan fingerprint density at radius 3 is 2.59 bits per heavy atom. The number of carbonyl (C=O) groups excluding carboxylic acids is 1. The molecule has 2 aromatic rings. The zero-order valence-corrected chi connectivity index (χ0v) is 16.8. The summed E-state index contributed by atoms with van der Waals surface area (Å²) in [5.41, 5.74) is -0.309. The molecule has 1 aromatic carbocycles. The molecule has 0 aliphatic rings. The molecule has 27 heavy (non-hydrogen) atoms. The van der Waals surface area contributed by atoms with Gasteiger partial charge in [-0.15, -0.1) is 0 Å². The first-order valence-corrected chi connectivity index (χ1v) is 10.2. The van der Waals surface area contributed by atoms with Crippen LogP contribution in [0.2, 0.25) is 5.02 Å². The van der Waals surface area contributed by atoms with Gasteiger partial charge in [0.2, 0.25) is 10.0 Å². The van der Waals surface area contributed by atoms with Gasteiger partial charge < -0.3 is 10.4 Å². The van der Waals surface area contributed by atoms with Gasteiger partial charge in [0, 0.05) is 18.9 Å². The molecule has 1 unspecified atom stereocenters. The molecule has 0 saturated heterocycles. The molecule has 0 saturated carbocycles. The Morgan fingerprint density at radius 1 is 1.33 bits per heavy atom. The van der Waals surface area contributed by atoms with E-state index in [1.165, 1.54) is 19.2 Å². The summed E-state index contributed by atoms with van der Waals surface area (Å²) in [5.74, 6) is -0.366. The number of hydrogen-bond donors (Lipinski definition) is 3. The van der Waals surface area contributed by atoms with Crippen LogP contribution in [0.1, 0.15) is 36.7 Å². The van der Waals surface area contributed by atoms with E-state index >= 15 is 0 Å². The van der Waals surface area contributed by atoms with Crippen LogP contribution in [0.25, 0.3) is 0 Å². The third-order valence-corrected chi connectivity index (χ3v) is 6.10. The van der Waals surface area contributed by atoms with Gasteiger partial charge in [0.05, 0.1) is 21.5 Å². The second kappa shape index (κ2) is 8.35. The summed E-state index contributed by atoms with van der Waals surface area (Å²) in [6.45, 7) is 4.38. The van der Waals surface area contributed by atoms with E-state index in [9.17, 15) is 18.3 Å². The second-order valence-electron chi connectivity index (χ2n) is 6.58. The van der Waals surface area contributed by atoms with Crippen molar-refractivity contribution in [3.63, 3.8) is 0 Å². The van der Waals surface area contributed by atoms with Crippen LogP contribution in [0.3, 0.4) is 0 Å². The Balaban J connectivity index is 2.14. The molecule has 0 aliphatic carbocycles. The van der Waals surface area contributed by atoms with Gasteiger partial charge in [0.25, 0.3) is 5.91 Å². The minimum absolute atomic E-state index is 0.203. The van der Waals surface area contributed by atoms with Gasteiger partial charge in [-0.1, -0.05) is 17.7 Å². The van der Waals surface area contributed by atoms with Crippen molar-refractivity contribution in [3.8, 4) is 0 Å². The number of anilines is 1. The number of aliphatic hydroxyl groups is 1. The van der Waals surface area contributed by atoms with Gasteiger partial charge in [-0.2, -0.15) is 0 Å². The van der Waals surface area contributed by atoms with E-state index < -0.39 is 20.9 Å². The van der Waals surface area contributed by atoms with Crippen LogP contribution < -0.4 is 10.0 Å². The Kier molecular flexibility index (Phi) is 6.59. The molecule has 0 radical (unpaired) electrons. The molecule has 1 aromatic heterocycles. The Morgan fingerprint density at radius 2 is 2.04 bits per heavy atom. The van der Waals surface area contributed by atoms with E-state index in [0.717, 1.165) is 0 Å². The van der Waals surface area contributed by atoms with Crippen LogP contribution in [0.15, 0.2) is 42.7 Å². The van der Waals surface area contributed by atoms with Crippen molar-refractivity contribution in [2.24, 2.45) is 0 Å². The lowest BCUT2D eigenvalue weighted by Crippen LogP contribution is -2.41. The highest BCUT2D eigenvalue weighted by Crippen LogP contribution is 2.29. The molecule has 1 heterocycles. The predicted molar refractivity (Wildman–Crippen MR) is 105 cm³/mol. The maximum Gasteiger partial charge on any atom is 0.257 e. The summed E-state index contributed by atoms with van der Waals surface area (Å²) < 4.78 is 26.2. The Labute approximate surface area is 163 Å². The fourth-order valence-corrected chi connectivity index (χ4v) is 3.20. The number of rotatable bonds is 7. The second-order valence-corrected chi connectivity index (χ2v) is 9.31. The minimum Gasteiger partial charge on any atom is -0.384 e. The van der Waals surface area contributed by atoms with Crippen LogP contribution in [-0.4, -0.2) is 36.2 Å². The quantitative estimate of drug-likeness (QED) is 0.648. The standard InChI is InChI=1S/C18H22ClN3O4S/c1-12(2)27(25,26)21-11-18(3,24)14-6-7-16(15(19)9-14)22-17(23)13-5-4-8-20-10-13/h4-10,12,21,24H,11H2,1-3H3,(H,22,23). The van der Waals surface area contributed by atoms with Crippen LogP contribution >= 0.6 is 11.6 Å². The van der Waals surface area contributed by atoms with Crippen molar-refractivity contribution in [2.75, 3.05) is 11.9 Å². The maximum atomic E-state index is 12.2. The highest BCUT2D eigenvalue weighted by Gasteiger charge is 2.27. The Hall–Kier alpha value is -2.00. The average molecular weight is 412 g/mol. The molecule has 9 heteroatoms. The van der Waals surface area contributed by atoms with E-state index in [1.807, 2.05) is 0 Å². The van der Waals surface area contributed by atoms with E-state index in [2.05, 4.69) is 15.0 Å². The number of sulfonamides is 1. The highest BCUT2D eigenvalue weighted by atomic mass is 35.5. The van der Waals surface area contributed by atoms with E-state index in [0.29, 0.717) is 16.8 Å². The molecule has 3 N–H and O–H groups in total. The molecule has 2 rings (SSSR count). The third kappa shape index (κ3) is 5.49. The van der Waals surface area contributed by atoms with E-state index in [-0.39, 0.29) is 17.5 Å². The van der Waals surface area contributed by atoms with Gasteiger partial charge in [-0.3, -0.25) is 9.78 Å². The number of pyridine rings is 1. The number of aromatic nitrogens is 1. The normalized spacial score (nSPS) is 14.0. The zero-order valence-electron chi connectivity index (χ0n) is 15.2. The van der Waals surface area contributed by atoms with Gasteiger partial charge in [0.15, 0.2) is 0 Å². The summed E-state index contributed by atoms with van der Waals surface area (Å²) in [7, 11) is -3.51. The third-order valence-electron chi connectivity index (χ3n) is 4.00. The average Bonchev–Trinajstić information content (AvgIpc) is 2.62. The number of hydrogen-bond acceptors (Lipinski definition) is 5. The highest BCUT2D eigenvalue weighted by molar-refractivity contribution is 7.90. The topological polar surface area (TPSA) is 108 Å². The van der Waals surface area contributed by atoms with Crippen LogP contribution in [0.5, 0.6) is 0 Å². The predicted octanol–water partition coefficient (Wildman–Crippen LogP) is 2.52. The van der Waals surface area contributed by atoms with Crippen LogP contribution in [0, 0.1) is 0 Å². The molecular weight excluding hydrogens is 390 g/mol. The lowest BCUT2D eigenvalue weighted by Gasteiger charge is -2.25. The molecule has 0 spiro atoms. The molecule has 0 bridgehead atoms. The number of nitrogens with zero attached hydrogens (tertiary/aromatic N) is 1. The van der Waals surface area contributed by atoms with Crippen molar-refractivity contribution in [3.05, 3.63) is 58.9 Å². The monoisotopic (exact) mass is 411 g/mol. The Bertz CT molecular complexity index is 915. The summed E-state index contributed by atoms with van der Waals surface area (Å²) in [6.07, 6.45) is 3.00. The van der Waals surface area contributed by atoms with Gasteiger partial charge in [0.1, 0.15) is 5.60 Å². The molecule has 1 amide bonds. The molecule has 0 aliphatic heterocycles. The summed E-state index contributed by atoms with van der Waals surface area (Å²) in [5, 5.41) is 12.9. The first-order chi connectivity index (χ1) is 12.5. The lowest BCUT2D eigenvalue weighted by atomic mass is 9.96. The summed E-state index contributed by atoms with van der Waals surface area (Å²) in [4.78, 5) is 16.1. The summed E-state index contributed by atoms with van der Waals surface area (Å²) in [6, 6.07) is 7.89. The largest absolute Gasteiger partial charge is 0.384 e. The lowest BCUT2D eigenvalue weighted by molar-refractivity contribution is 0.0627. The van der Waals surface area contributed by atoms with Crippen molar-refractivity contribution in [1.82, 2.24) is 9.71 Å². The van der Waals surface area contributed by atoms with E-state index in [4.69, 9.17) is 11.6 Å². The van der Waals surface area contributed by atoms with Gasteiger partial charge >= 0.3 is 0 Å². The van der Waals surface area contributed by atoms with Crippen molar-refractivity contribution < 1.29 is 18.3 Å². The molecular formula is C18H22ClN3O4S. The number of halogens is 1. The van der Waals surface area contributed by atoms with Crippen molar-refractivity contribution in [1.29, 1.82) is 0 Å². The fourth-order valence-electron chi connectivity index (χ4n) is 2.15. The first-order valence-electron chi connectivity index (χ1n) is 8.25. The molecule has 0 fully saturated rings. The fraction of sp³-hybridized carbons (Fsp3) is 0.333. The first kappa shape index (κ1) is 21.3. The van der Waals surface area contributed by atoms with Crippen molar-refractivity contribution in [2.45, 2.75) is 31.6 Å². The molecule has 1 atom stereocenters.